The first-order valence-corrected chi connectivity index (χ1v) is 5.62. The zero-order valence-corrected chi connectivity index (χ0v) is 9.59. The maximum Gasteiger partial charge on any atom is 0.177 e. The summed E-state index contributed by atoms with van der Waals surface area (Å²) in [6, 6.07) is 0.286. The number of nitrogens with zero attached hydrogens (tertiary/aromatic N) is 1. The average molecular weight is 228 g/mol. The van der Waals surface area contributed by atoms with Crippen molar-refractivity contribution in [1.82, 2.24) is 9.55 Å². The Morgan fingerprint density at radius 2 is 2.60 bits per heavy atom. The SMILES string of the molecule is CC(C1CCOC1)n1c(CO)c[nH]c1=S. The molecule has 15 heavy (non-hydrogen) atoms. The fraction of sp³-hybridized carbons (Fsp3) is 0.700. The zero-order chi connectivity index (χ0) is 10.8. The predicted octanol–water partition coefficient (Wildman–Crippen LogP) is 1.64. The van der Waals surface area contributed by atoms with E-state index in [1.54, 1.807) is 6.20 Å². The lowest BCUT2D eigenvalue weighted by Gasteiger charge is -2.21. The van der Waals surface area contributed by atoms with Gasteiger partial charge in [0.2, 0.25) is 0 Å². The first kappa shape index (κ1) is 10.9. The van der Waals surface area contributed by atoms with Gasteiger partial charge in [0, 0.05) is 24.8 Å². The van der Waals surface area contributed by atoms with Crippen LogP contribution >= 0.6 is 12.2 Å². The highest BCUT2D eigenvalue weighted by atomic mass is 32.1. The van der Waals surface area contributed by atoms with Crippen LogP contribution in [0.2, 0.25) is 0 Å². The number of aliphatic hydroxyl groups is 1. The molecule has 84 valence electrons. The Bertz CT molecular complexity index is 379. The number of aromatic nitrogens is 2. The number of nitrogens with one attached hydrogen (secondary N) is 1. The second kappa shape index (κ2) is 4.47. The lowest BCUT2D eigenvalue weighted by Crippen LogP contribution is -2.18. The molecule has 4 nitrogen and oxygen atoms in total. The Hall–Kier alpha value is -0.650. The molecular formula is C10H16N2O2S. The van der Waals surface area contributed by atoms with Crippen LogP contribution in [0.4, 0.5) is 0 Å². The van der Waals surface area contributed by atoms with Crippen LogP contribution < -0.4 is 0 Å². The first-order valence-electron chi connectivity index (χ1n) is 5.21. The van der Waals surface area contributed by atoms with Crippen molar-refractivity contribution in [3.05, 3.63) is 16.7 Å². The molecule has 2 N–H and O–H groups in total. The Balaban J connectivity index is 2.26. The van der Waals surface area contributed by atoms with E-state index < -0.39 is 0 Å². The van der Waals surface area contributed by atoms with E-state index in [1.807, 2.05) is 4.57 Å². The van der Waals surface area contributed by atoms with Gasteiger partial charge in [0.05, 0.1) is 18.9 Å². The van der Waals surface area contributed by atoms with Crippen molar-refractivity contribution in [1.29, 1.82) is 0 Å². The molecule has 0 saturated carbocycles. The van der Waals surface area contributed by atoms with Crippen LogP contribution in [0, 0.1) is 10.7 Å². The van der Waals surface area contributed by atoms with Gasteiger partial charge in [-0.1, -0.05) is 0 Å². The van der Waals surface area contributed by atoms with Gasteiger partial charge in [-0.15, -0.1) is 0 Å². The summed E-state index contributed by atoms with van der Waals surface area (Å²) >= 11 is 5.21. The molecule has 1 saturated heterocycles. The highest BCUT2D eigenvalue weighted by Crippen LogP contribution is 2.27. The minimum absolute atomic E-state index is 0.0189. The van der Waals surface area contributed by atoms with Gasteiger partial charge >= 0.3 is 0 Å². The minimum Gasteiger partial charge on any atom is -0.390 e. The van der Waals surface area contributed by atoms with Gasteiger partial charge in [-0.3, -0.25) is 0 Å². The van der Waals surface area contributed by atoms with Crippen LogP contribution in [0.15, 0.2) is 6.20 Å². The van der Waals surface area contributed by atoms with Crippen LogP contribution in [0.5, 0.6) is 0 Å². The number of ether oxygens (including phenoxy) is 1. The van der Waals surface area contributed by atoms with Crippen LogP contribution in [0.25, 0.3) is 0 Å². The van der Waals surface area contributed by atoms with E-state index in [4.69, 9.17) is 17.0 Å². The van der Waals surface area contributed by atoms with E-state index in [0.717, 1.165) is 25.3 Å². The van der Waals surface area contributed by atoms with Crippen LogP contribution in [0.3, 0.4) is 0 Å². The summed E-state index contributed by atoms with van der Waals surface area (Å²) in [4.78, 5) is 2.97. The molecule has 1 aliphatic rings. The molecule has 1 aliphatic heterocycles. The van der Waals surface area contributed by atoms with Crippen LogP contribution in [-0.4, -0.2) is 27.9 Å². The summed E-state index contributed by atoms with van der Waals surface area (Å²) in [5.41, 5.74) is 0.847. The molecule has 1 fully saturated rings. The third kappa shape index (κ3) is 2.00. The highest BCUT2D eigenvalue weighted by Gasteiger charge is 2.25. The fourth-order valence-electron chi connectivity index (χ4n) is 2.13. The normalized spacial score (nSPS) is 23.2. The lowest BCUT2D eigenvalue weighted by atomic mass is 10.0. The van der Waals surface area contributed by atoms with Gasteiger partial charge in [-0.2, -0.15) is 0 Å². The van der Waals surface area contributed by atoms with Crippen LogP contribution in [0.1, 0.15) is 25.1 Å². The molecule has 0 amide bonds. The number of rotatable bonds is 3. The Labute approximate surface area is 93.9 Å². The van der Waals surface area contributed by atoms with Crippen molar-refractivity contribution in [2.45, 2.75) is 26.0 Å². The molecule has 0 radical (unpaired) electrons. The summed E-state index contributed by atoms with van der Waals surface area (Å²) in [7, 11) is 0. The molecule has 2 rings (SSSR count). The molecule has 0 aromatic carbocycles. The Morgan fingerprint density at radius 1 is 1.80 bits per heavy atom. The number of hydrogen-bond acceptors (Lipinski definition) is 3. The molecule has 2 unspecified atom stereocenters. The van der Waals surface area contributed by atoms with Crippen molar-refractivity contribution < 1.29 is 9.84 Å². The summed E-state index contributed by atoms with van der Waals surface area (Å²) in [5.74, 6) is 0.498. The molecule has 2 atom stereocenters. The number of aliphatic hydroxyl groups excluding tert-OH is 1. The number of imidazole rings is 1. The van der Waals surface area contributed by atoms with E-state index in [9.17, 15) is 5.11 Å². The maximum absolute atomic E-state index is 9.21. The third-order valence-electron chi connectivity index (χ3n) is 3.11. The largest absolute Gasteiger partial charge is 0.390 e. The average Bonchev–Trinajstić information content (AvgIpc) is 2.85. The van der Waals surface area contributed by atoms with Crippen LogP contribution in [-0.2, 0) is 11.3 Å². The number of H-pyrrole nitrogens is 1. The van der Waals surface area contributed by atoms with Gasteiger partial charge in [-0.05, 0) is 25.6 Å². The van der Waals surface area contributed by atoms with E-state index in [-0.39, 0.29) is 12.6 Å². The lowest BCUT2D eigenvalue weighted by molar-refractivity contribution is 0.173. The second-order valence-corrected chi connectivity index (χ2v) is 4.36. The Morgan fingerprint density at radius 3 is 3.20 bits per heavy atom. The van der Waals surface area contributed by atoms with E-state index >= 15 is 0 Å². The van der Waals surface area contributed by atoms with Crippen molar-refractivity contribution in [3.63, 3.8) is 0 Å². The van der Waals surface area contributed by atoms with Gasteiger partial charge in [-0.25, -0.2) is 0 Å². The molecule has 2 heterocycles. The maximum atomic E-state index is 9.21. The Kier molecular flexibility index (Phi) is 3.23. The van der Waals surface area contributed by atoms with E-state index in [2.05, 4.69) is 11.9 Å². The van der Waals surface area contributed by atoms with E-state index in [0.29, 0.717) is 10.7 Å². The zero-order valence-electron chi connectivity index (χ0n) is 8.77. The predicted molar refractivity (Wildman–Crippen MR) is 59.2 cm³/mol. The van der Waals surface area contributed by atoms with Gasteiger partial charge in [0.25, 0.3) is 0 Å². The van der Waals surface area contributed by atoms with Crippen molar-refractivity contribution in [2.24, 2.45) is 5.92 Å². The number of aromatic amines is 1. The quantitative estimate of drug-likeness (QED) is 0.773. The second-order valence-electron chi connectivity index (χ2n) is 3.98. The minimum atomic E-state index is 0.0189. The number of hydrogen-bond donors (Lipinski definition) is 2. The summed E-state index contributed by atoms with van der Waals surface area (Å²) < 4.78 is 8.04. The monoisotopic (exact) mass is 228 g/mol. The molecule has 0 aliphatic carbocycles. The van der Waals surface area contributed by atoms with Gasteiger partial charge < -0.3 is 19.4 Å². The molecule has 1 aromatic heterocycles. The summed E-state index contributed by atoms with van der Waals surface area (Å²) in [6.45, 7) is 3.77. The molecule has 0 spiro atoms. The smallest absolute Gasteiger partial charge is 0.177 e. The summed E-state index contributed by atoms with van der Waals surface area (Å²) in [5, 5.41) is 9.21. The molecular weight excluding hydrogens is 212 g/mol. The van der Waals surface area contributed by atoms with Crippen molar-refractivity contribution in [3.8, 4) is 0 Å². The fourth-order valence-corrected chi connectivity index (χ4v) is 2.47. The molecule has 0 bridgehead atoms. The molecule has 5 heteroatoms. The van der Waals surface area contributed by atoms with Gasteiger partial charge in [0.1, 0.15) is 0 Å². The first-order chi connectivity index (χ1) is 7.24. The highest BCUT2D eigenvalue weighted by molar-refractivity contribution is 7.71. The standard InChI is InChI=1S/C10H16N2O2S/c1-7(8-2-3-14-6-8)12-9(5-13)4-11-10(12)15/h4,7-8,13H,2-3,5-6H2,1H3,(H,11,15). The van der Waals surface area contributed by atoms with Gasteiger partial charge in [0.15, 0.2) is 4.77 Å². The summed E-state index contributed by atoms with van der Waals surface area (Å²) in [6.07, 6.45) is 2.84. The van der Waals surface area contributed by atoms with Crippen molar-refractivity contribution in [2.75, 3.05) is 13.2 Å². The van der Waals surface area contributed by atoms with Crippen molar-refractivity contribution >= 4 is 12.2 Å². The topological polar surface area (TPSA) is 50.2 Å². The third-order valence-corrected chi connectivity index (χ3v) is 3.42. The molecule has 1 aromatic rings. The van der Waals surface area contributed by atoms with E-state index in [1.165, 1.54) is 0 Å².